The monoisotopic (exact) mass is 298 g/mol. The zero-order valence-electron chi connectivity index (χ0n) is 11.2. The summed E-state index contributed by atoms with van der Waals surface area (Å²) in [6.07, 6.45) is 4.51. The number of aromatic amines is 1. The van der Waals surface area contributed by atoms with Crippen molar-refractivity contribution in [2.24, 2.45) is 17.0 Å². The predicted octanol–water partition coefficient (Wildman–Crippen LogP) is 0.284. The Balaban J connectivity index is 1.83. The van der Waals surface area contributed by atoms with Crippen molar-refractivity contribution < 1.29 is 13.2 Å². The molecule has 20 heavy (non-hydrogen) atoms. The minimum Gasteiger partial charge on any atom is -0.347 e. The number of sulfonamides is 1. The molecule has 4 N–H and O–H groups in total. The van der Waals surface area contributed by atoms with Gasteiger partial charge in [-0.3, -0.25) is 9.89 Å². The second-order valence-electron chi connectivity index (χ2n) is 5.75. The molecule has 0 spiro atoms. The largest absolute Gasteiger partial charge is 0.347 e. The number of aromatic nitrogens is 2. The maximum atomic E-state index is 12.3. The van der Waals surface area contributed by atoms with Crippen molar-refractivity contribution >= 4 is 15.9 Å². The normalized spacial score (nSPS) is 19.4. The van der Waals surface area contributed by atoms with E-state index in [9.17, 15) is 13.2 Å². The zero-order valence-corrected chi connectivity index (χ0v) is 12.0. The molecule has 2 saturated carbocycles. The Hall–Kier alpha value is -1.41. The van der Waals surface area contributed by atoms with Crippen LogP contribution in [0.2, 0.25) is 0 Å². The van der Waals surface area contributed by atoms with E-state index in [1.807, 2.05) is 0 Å². The summed E-state index contributed by atoms with van der Waals surface area (Å²) in [5.74, 6) is 0.607. The van der Waals surface area contributed by atoms with Crippen molar-refractivity contribution in [2.75, 3.05) is 0 Å². The van der Waals surface area contributed by atoms with Crippen molar-refractivity contribution in [3.63, 3.8) is 0 Å². The van der Waals surface area contributed by atoms with Gasteiger partial charge in [0.15, 0.2) is 5.69 Å². The van der Waals surface area contributed by atoms with Gasteiger partial charge in [0.1, 0.15) is 4.90 Å². The molecule has 0 radical (unpaired) electrons. The van der Waals surface area contributed by atoms with Crippen molar-refractivity contribution in [3.05, 3.63) is 11.4 Å². The first-order valence-electron chi connectivity index (χ1n) is 6.76. The van der Waals surface area contributed by atoms with Crippen LogP contribution in [0.25, 0.3) is 0 Å². The van der Waals surface area contributed by atoms with Gasteiger partial charge >= 0.3 is 0 Å². The Morgan fingerprint density at radius 2 is 1.90 bits per heavy atom. The molecule has 110 valence electrons. The standard InChI is InChI=1S/C12H18N4O3S/c1-6-11(20(13,18)19)10(16-15-6)12(17)14-9(7-2-3-7)8-4-5-8/h7-9H,2-5H2,1H3,(H,14,17)(H,15,16)(H2,13,18,19). The first-order valence-corrected chi connectivity index (χ1v) is 8.31. The molecule has 0 aliphatic heterocycles. The SMILES string of the molecule is Cc1[nH]nc(C(=O)NC(C2CC2)C2CC2)c1S(N)(=O)=O. The second-order valence-corrected chi connectivity index (χ2v) is 7.24. The quantitative estimate of drug-likeness (QED) is 0.723. The third kappa shape index (κ3) is 2.57. The first-order chi connectivity index (χ1) is 9.38. The van der Waals surface area contributed by atoms with Crippen molar-refractivity contribution in [2.45, 2.75) is 43.5 Å². The second kappa shape index (κ2) is 4.56. The molecule has 2 aliphatic rings. The van der Waals surface area contributed by atoms with Crippen LogP contribution in [-0.2, 0) is 10.0 Å². The lowest BCUT2D eigenvalue weighted by Crippen LogP contribution is -2.39. The number of primary sulfonamides is 1. The molecule has 1 heterocycles. The topological polar surface area (TPSA) is 118 Å². The summed E-state index contributed by atoms with van der Waals surface area (Å²) in [5.41, 5.74) is 0.156. The summed E-state index contributed by atoms with van der Waals surface area (Å²) in [6.45, 7) is 1.53. The van der Waals surface area contributed by atoms with E-state index in [2.05, 4.69) is 15.5 Å². The van der Waals surface area contributed by atoms with Crippen LogP contribution in [0, 0.1) is 18.8 Å². The van der Waals surface area contributed by atoms with Crippen molar-refractivity contribution in [1.29, 1.82) is 0 Å². The molecule has 1 amide bonds. The van der Waals surface area contributed by atoms with Crippen molar-refractivity contribution in [3.8, 4) is 0 Å². The number of hydrogen-bond acceptors (Lipinski definition) is 4. The third-order valence-corrected chi connectivity index (χ3v) is 5.02. The molecular weight excluding hydrogens is 280 g/mol. The van der Waals surface area contributed by atoms with Gasteiger partial charge in [0.05, 0.1) is 5.69 Å². The van der Waals surface area contributed by atoms with E-state index in [1.165, 1.54) is 6.92 Å². The Labute approximate surface area is 117 Å². The molecule has 3 rings (SSSR count). The highest BCUT2D eigenvalue weighted by molar-refractivity contribution is 7.89. The van der Waals surface area contributed by atoms with Crippen LogP contribution in [0.4, 0.5) is 0 Å². The Bertz CT molecular complexity index is 632. The van der Waals surface area contributed by atoms with E-state index in [0.717, 1.165) is 25.7 Å². The molecule has 0 atom stereocenters. The van der Waals surface area contributed by atoms with Crippen LogP contribution in [0.1, 0.15) is 41.9 Å². The van der Waals surface area contributed by atoms with Gasteiger partial charge in [0.25, 0.3) is 5.91 Å². The molecule has 1 aromatic heterocycles. The summed E-state index contributed by atoms with van der Waals surface area (Å²) >= 11 is 0. The highest BCUT2D eigenvalue weighted by Gasteiger charge is 2.43. The predicted molar refractivity (Wildman–Crippen MR) is 71.4 cm³/mol. The summed E-state index contributed by atoms with van der Waals surface area (Å²) in [5, 5.41) is 14.4. The van der Waals surface area contributed by atoms with Crippen LogP contribution in [0.3, 0.4) is 0 Å². The van der Waals surface area contributed by atoms with E-state index >= 15 is 0 Å². The van der Waals surface area contributed by atoms with Crippen LogP contribution < -0.4 is 10.5 Å². The minimum atomic E-state index is -3.97. The van der Waals surface area contributed by atoms with Crippen LogP contribution in [0.5, 0.6) is 0 Å². The number of hydrogen-bond donors (Lipinski definition) is 3. The van der Waals surface area contributed by atoms with E-state index in [4.69, 9.17) is 5.14 Å². The van der Waals surface area contributed by atoms with Gasteiger partial charge in [-0.25, -0.2) is 13.6 Å². The fraction of sp³-hybridized carbons (Fsp3) is 0.667. The lowest BCUT2D eigenvalue weighted by Gasteiger charge is -2.17. The summed E-state index contributed by atoms with van der Waals surface area (Å²) in [6, 6.07) is 0.146. The summed E-state index contributed by atoms with van der Waals surface area (Å²) in [7, 11) is -3.97. The van der Waals surface area contributed by atoms with Crippen molar-refractivity contribution in [1.82, 2.24) is 15.5 Å². The van der Waals surface area contributed by atoms with E-state index < -0.39 is 15.9 Å². The number of H-pyrrole nitrogens is 1. The average Bonchev–Trinajstić information content (AvgIpc) is 3.22. The number of rotatable bonds is 5. The maximum absolute atomic E-state index is 12.3. The molecular formula is C12H18N4O3S. The van der Waals surface area contributed by atoms with Crippen LogP contribution >= 0.6 is 0 Å². The Kier molecular flexibility index (Phi) is 3.09. The molecule has 2 fully saturated rings. The lowest BCUT2D eigenvalue weighted by molar-refractivity contribution is 0.0918. The van der Waals surface area contributed by atoms with Gasteiger partial charge in [-0.1, -0.05) is 0 Å². The van der Waals surface area contributed by atoms with Gasteiger partial charge in [-0.05, 0) is 44.4 Å². The fourth-order valence-electron chi connectivity index (χ4n) is 2.67. The summed E-state index contributed by atoms with van der Waals surface area (Å²) in [4.78, 5) is 12.1. The lowest BCUT2D eigenvalue weighted by atomic mass is 10.1. The zero-order chi connectivity index (χ0) is 14.5. The summed E-state index contributed by atoms with van der Waals surface area (Å²) < 4.78 is 23.1. The average molecular weight is 298 g/mol. The molecule has 0 saturated heterocycles. The number of nitrogens with zero attached hydrogens (tertiary/aromatic N) is 1. The van der Waals surface area contributed by atoms with Gasteiger partial charge in [-0.15, -0.1) is 0 Å². The molecule has 7 nitrogen and oxygen atoms in total. The number of nitrogens with two attached hydrogens (primary N) is 1. The molecule has 0 bridgehead atoms. The maximum Gasteiger partial charge on any atom is 0.273 e. The molecule has 1 aromatic rings. The highest BCUT2D eigenvalue weighted by atomic mass is 32.2. The number of amides is 1. The number of aryl methyl sites for hydroxylation is 1. The van der Waals surface area contributed by atoms with Gasteiger partial charge in [-0.2, -0.15) is 5.10 Å². The number of nitrogens with one attached hydrogen (secondary N) is 2. The molecule has 8 heteroatoms. The smallest absolute Gasteiger partial charge is 0.273 e. The van der Waals surface area contributed by atoms with Crippen LogP contribution in [-0.4, -0.2) is 30.6 Å². The number of carbonyl (C=O) groups excluding carboxylic acids is 1. The molecule has 0 unspecified atom stereocenters. The molecule has 0 aromatic carbocycles. The minimum absolute atomic E-state index is 0.128. The highest BCUT2D eigenvalue weighted by Crippen LogP contribution is 2.44. The Morgan fingerprint density at radius 3 is 2.35 bits per heavy atom. The third-order valence-electron chi connectivity index (χ3n) is 3.95. The van der Waals surface area contributed by atoms with Gasteiger partial charge in [0, 0.05) is 6.04 Å². The van der Waals surface area contributed by atoms with Gasteiger partial charge < -0.3 is 5.32 Å². The van der Waals surface area contributed by atoms with Crippen LogP contribution in [0.15, 0.2) is 4.90 Å². The van der Waals surface area contributed by atoms with Gasteiger partial charge in [0.2, 0.25) is 10.0 Å². The first kappa shape index (κ1) is 13.6. The number of carbonyl (C=O) groups is 1. The van der Waals surface area contributed by atoms with E-state index in [0.29, 0.717) is 11.8 Å². The fourth-order valence-corrected chi connectivity index (χ4v) is 3.55. The van der Waals surface area contributed by atoms with E-state index in [1.54, 1.807) is 0 Å². The molecule has 2 aliphatic carbocycles. The van der Waals surface area contributed by atoms with E-state index in [-0.39, 0.29) is 22.3 Å². The Morgan fingerprint density at radius 1 is 1.35 bits per heavy atom.